The molecule has 0 radical (unpaired) electrons. The van der Waals surface area contributed by atoms with E-state index in [4.69, 9.17) is 10.5 Å². The second-order valence-corrected chi connectivity index (χ2v) is 6.12. The van der Waals surface area contributed by atoms with Crippen LogP contribution in [0.2, 0.25) is 0 Å². The first-order valence-electron chi connectivity index (χ1n) is 7.84. The van der Waals surface area contributed by atoms with Crippen molar-refractivity contribution < 1.29 is 20.1 Å². The van der Waals surface area contributed by atoms with Gasteiger partial charge in [-0.05, 0) is 5.92 Å². The normalized spacial score (nSPS) is 27.0. The van der Waals surface area contributed by atoms with Crippen LogP contribution >= 0.6 is 0 Å². The number of anilines is 2. The van der Waals surface area contributed by atoms with Gasteiger partial charge in [0.25, 0.3) is 0 Å². The second-order valence-electron chi connectivity index (χ2n) is 6.12. The summed E-state index contributed by atoms with van der Waals surface area (Å²) in [6.45, 7) is 3.52. The molecule has 0 aromatic carbocycles. The van der Waals surface area contributed by atoms with E-state index in [1.54, 1.807) is 6.21 Å². The average Bonchev–Trinajstić information content (AvgIpc) is 3.10. The van der Waals surface area contributed by atoms with Crippen LogP contribution in [0, 0.1) is 5.92 Å². The van der Waals surface area contributed by atoms with Crippen molar-refractivity contribution in [2.75, 3.05) is 17.8 Å². The second kappa shape index (κ2) is 6.88. The van der Waals surface area contributed by atoms with Crippen molar-refractivity contribution in [3.8, 4) is 0 Å². The molecule has 4 atom stereocenters. The zero-order valence-corrected chi connectivity index (χ0v) is 13.8. The number of aliphatic hydroxyl groups excluding tert-OH is 3. The molecule has 0 bridgehead atoms. The third kappa shape index (κ3) is 3.26. The first-order valence-corrected chi connectivity index (χ1v) is 7.84. The van der Waals surface area contributed by atoms with Gasteiger partial charge in [0.05, 0.1) is 12.9 Å². The van der Waals surface area contributed by atoms with Crippen molar-refractivity contribution in [1.29, 1.82) is 0 Å². The van der Waals surface area contributed by atoms with Crippen molar-refractivity contribution in [2.24, 2.45) is 11.0 Å². The van der Waals surface area contributed by atoms with Gasteiger partial charge in [-0.1, -0.05) is 13.8 Å². The van der Waals surface area contributed by atoms with Crippen LogP contribution in [-0.2, 0) is 4.74 Å². The molecule has 0 aliphatic carbocycles. The molecule has 2 aromatic rings. The Morgan fingerprint density at radius 1 is 1.40 bits per heavy atom. The van der Waals surface area contributed by atoms with Crippen LogP contribution in [0.1, 0.15) is 20.1 Å². The van der Waals surface area contributed by atoms with Gasteiger partial charge < -0.3 is 25.8 Å². The Balaban J connectivity index is 1.95. The summed E-state index contributed by atoms with van der Waals surface area (Å²) < 4.78 is 6.94. The molecule has 0 spiro atoms. The van der Waals surface area contributed by atoms with E-state index in [9.17, 15) is 15.3 Å². The van der Waals surface area contributed by atoms with Gasteiger partial charge in [-0.25, -0.2) is 10.4 Å². The van der Waals surface area contributed by atoms with Crippen LogP contribution in [0.15, 0.2) is 11.4 Å². The molecule has 1 aliphatic heterocycles. The van der Waals surface area contributed by atoms with Crippen LogP contribution in [0.25, 0.3) is 11.2 Å². The molecule has 1 fully saturated rings. The molecule has 1 aliphatic rings. The smallest absolute Gasteiger partial charge is 0.247 e. The highest BCUT2D eigenvalue weighted by molar-refractivity contribution is 5.83. The predicted octanol–water partition coefficient (Wildman–Crippen LogP) is -0.926. The summed E-state index contributed by atoms with van der Waals surface area (Å²) in [6.07, 6.45) is -1.26. The topological polar surface area (TPSA) is 164 Å². The minimum Gasteiger partial charge on any atom is -0.394 e. The first kappa shape index (κ1) is 17.5. The number of ether oxygens (including phenoxy) is 1. The van der Waals surface area contributed by atoms with Crippen LogP contribution < -0.4 is 11.2 Å². The minimum absolute atomic E-state index is 0.137. The third-order valence-electron chi connectivity index (χ3n) is 3.78. The van der Waals surface area contributed by atoms with E-state index in [-0.39, 0.29) is 17.7 Å². The Morgan fingerprint density at radius 2 is 2.16 bits per heavy atom. The van der Waals surface area contributed by atoms with Gasteiger partial charge in [0, 0.05) is 6.21 Å². The highest BCUT2D eigenvalue weighted by Gasteiger charge is 2.44. The standard InChI is InChI=1S/C14H21N7O4/c1-6(2)3-17-20-14-18-11(15)8-12(19-14)21(5-16-8)13-10(24)9(23)7(4-22)25-13/h3,5-7,9-10,13,22-24H,4H2,1-2H3,(H3,15,18,19,20)/b17-3+. The van der Waals surface area contributed by atoms with Crippen LogP contribution in [0.4, 0.5) is 11.8 Å². The van der Waals surface area contributed by atoms with Crippen LogP contribution in [0.3, 0.4) is 0 Å². The summed E-state index contributed by atoms with van der Waals surface area (Å²) in [4.78, 5) is 12.5. The maximum Gasteiger partial charge on any atom is 0.247 e. The molecule has 2 aromatic heterocycles. The van der Waals surface area contributed by atoms with E-state index in [0.717, 1.165) is 0 Å². The third-order valence-corrected chi connectivity index (χ3v) is 3.78. The molecule has 11 nitrogen and oxygen atoms in total. The van der Waals surface area contributed by atoms with Gasteiger partial charge in [-0.3, -0.25) is 4.57 Å². The molecule has 4 unspecified atom stereocenters. The SMILES string of the molecule is CC(C)/C=N/Nc1nc(N)c2ncn(C3OC(CO)C(O)C3O)c2n1. The fourth-order valence-electron chi connectivity index (χ4n) is 2.53. The fraction of sp³-hybridized carbons (Fsp3) is 0.571. The Hall–Kier alpha value is -2.34. The van der Waals surface area contributed by atoms with Crippen molar-refractivity contribution >= 4 is 29.1 Å². The van der Waals surface area contributed by atoms with Gasteiger partial charge in [-0.15, -0.1) is 0 Å². The van der Waals surface area contributed by atoms with E-state index >= 15 is 0 Å². The van der Waals surface area contributed by atoms with E-state index in [1.165, 1.54) is 10.9 Å². The maximum atomic E-state index is 10.2. The lowest BCUT2D eigenvalue weighted by Gasteiger charge is -2.16. The highest BCUT2D eigenvalue weighted by Crippen LogP contribution is 2.32. The number of imidazole rings is 1. The Kier molecular flexibility index (Phi) is 4.81. The number of nitrogens with zero attached hydrogens (tertiary/aromatic N) is 5. The van der Waals surface area contributed by atoms with Crippen molar-refractivity contribution in [1.82, 2.24) is 19.5 Å². The summed E-state index contributed by atoms with van der Waals surface area (Å²) >= 11 is 0. The number of hydrazone groups is 1. The number of fused-ring (bicyclic) bond motifs is 1. The zero-order chi connectivity index (χ0) is 18.1. The van der Waals surface area contributed by atoms with Crippen molar-refractivity contribution in [3.05, 3.63) is 6.33 Å². The molecule has 11 heteroatoms. The molecule has 25 heavy (non-hydrogen) atoms. The quantitative estimate of drug-likeness (QED) is 0.338. The maximum absolute atomic E-state index is 10.2. The molecule has 0 amide bonds. The van der Waals surface area contributed by atoms with Crippen molar-refractivity contribution in [3.63, 3.8) is 0 Å². The number of rotatable bonds is 5. The van der Waals surface area contributed by atoms with Gasteiger partial charge >= 0.3 is 0 Å². The molecular formula is C14H21N7O4. The summed E-state index contributed by atoms with van der Waals surface area (Å²) in [5, 5.41) is 33.3. The number of hydrogen-bond donors (Lipinski definition) is 5. The fourth-order valence-corrected chi connectivity index (χ4v) is 2.53. The number of nitrogens with one attached hydrogen (secondary N) is 1. The molecule has 0 saturated carbocycles. The lowest BCUT2D eigenvalue weighted by Crippen LogP contribution is -2.33. The van der Waals surface area contributed by atoms with Gasteiger partial charge in [0.2, 0.25) is 5.95 Å². The number of nitrogen functional groups attached to an aromatic ring is 1. The number of nitrogens with two attached hydrogens (primary N) is 1. The number of hydrogen-bond acceptors (Lipinski definition) is 10. The van der Waals surface area contributed by atoms with E-state index in [1.807, 2.05) is 13.8 Å². The van der Waals surface area contributed by atoms with Crippen molar-refractivity contribution in [2.45, 2.75) is 38.4 Å². The summed E-state index contributed by atoms with van der Waals surface area (Å²) in [5.41, 5.74) is 9.23. The van der Waals surface area contributed by atoms with Gasteiger partial charge in [0.1, 0.15) is 23.8 Å². The molecule has 6 N–H and O–H groups in total. The Labute approximate surface area is 143 Å². The van der Waals surface area contributed by atoms with Gasteiger partial charge in [0.15, 0.2) is 17.7 Å². The molecule has 3 rings (SSSR count). The zero-order valence-electron chi connectivity index (χ0n) is 13.8. The Bertz CT molecular complexity index is 778. The minimum atomic E-state index is -1.25. The lowest BCUT2D eigenvalue weighted by molar-refractivity contribution is -0.0511. The monoisotopic (exact) mass is 351 g/mol. The van der Waals surface area contributed by atoms with Gasteiger partial charge in [-0.2, -0.15) is 15.1 Å². The Morgan fingerprint density at radius 3 is 2.80 bits per heavy atom. The molecule has 3 heterocycles. The molecule has 136 valence electrons. The van der Waals surface area contributed by atoms with Crippen LogP contribution in [-0.4, -0.2) is 66.0 Å². The number of aromatic nitrogens is 4. The van der Waals surface area contributed by atoms with Crippen LogP contribution in [0.5, 0.6) is 0 Å². The lowest BCUT2D eigenvalue weighted by atomic mass is 10.1. The summed E-state index contributed by atoms with van der Waals surface area (Å²) in [6, 6.07) is 0. The predicted molar refractivity (Wildman–Crippen MR) is 89.7 cm³/mol. The molecule has 1 saturated heterocycles. The summed E-state index contributed by atoms with van der Waals surface area (Å²) in [5.74, 6) is 0.547. The molecular weight excluding hydrogens is 330 g/mol. The largest absolute Gasteiger partial charge is 0.394 e. The van der Waals surface area contributed by atoms with E-state index < -0.39 is 31.1 Å². The highest BCUT2D eigenvalue weighted by atomic mass is 16.6. The summed E-state index contributed by atoms with van der Waals surface area (Å²) in [7, 11) is 0. The first-order chi connectivity index (χ1) is 11.9. The number of aliphatic hydroxyl groups is 3. The van der Waals surface area contributed by atoms with E-state index in [0.29, 0.717) is 11.2 Å². The average molecular weight is 351 g/mol. The van der Waals surface area contributed by atoms with E-state index in [2.05, 4.69) is 25.5 Å².